The van der Waals surface area contributed by atoms with Crippen molar-refractivity contribution >= 4 is 12.3 Å². The lowest BCUT2D eigenvalue weighted by molar-refractivity contribution is -0.143. The van der Waals surface area contributed by atoms with Crippen LogP contribution in [-0.4, -0.2) is 25.0 Å². The molecule has 0 heterocycles. The van der Waals surface area contributed by atoms with E-state index in [2.05, 4.69) is 0 Å². The summed E-state index contributed by atoms with van der Waals surface area (Å²) < 4.78 is 10.3. The maximum Gasteiger partial charge on any atom is 0.302 e. The van der Waals surface area contributed by atoms with Crippen LogP contribution in [0, 0.1) is 0 Å². The summed E-state index contributed by atoms with van der Waals surface area (Å²) in [5.41, 5.74) is 0.553. The summed E-state index contributed by atoms with van der Waals surface area (Å²) in [4.78, 5) is 21.1. The first-order valence-corrected chi connectivity index (χ1v) is 4.97. The zero-order valence-corrected chi connectivity index (χ0v) is 9.30. The second-order valence-corrected chi connectivity index (χ2v) is 3.42. The summed E-state index contributed by atoms with van der Waals surface area (Å²) in [6.07, 6.45) is 0.509. The molecule has 4 heteroatoms. The maximum atomic E-state index is 10.6. The molecule has 0 aliphatic heterocycles. The molecule has 0 saturated heterocycles. The highest BCUT2D eigenvalue weighted by Gasteiger charge is 2.06. The lowest BCUT2D eigenvalue weighted by Crippen LogP contribution is -2.20. The van der Waals surface area contributed by atoms with Crippen LogP contribution in [0.3, 0.4) is 0 Å². The molecule has 0 fully saturated rings. The molecular weight excluding hydrogens is 208 g/mol. The van der Waals surface area contributed by atoms with E-state index in [0.717, 1.165) is 6.29 Å². The van der Waals surface area contributed by atoms with Gasteiger partial charge < -0.3 is 9.47 Å². The molecule has 0 aliphatic carbocycles. The molecule has 86 valence electrons. The van der Waals surface area contributed by atoms with Crippen molar-refractivity contribution in [2.45, 2.75) is 20.0 Å². The zero-order chi connectivity index (χ0) is 12.0. The Morgan fingerprint density at radius 3 is 2.88 bits per heavy atom. The van der Waals surface area contributed by atoms with Gasteiger partial charge in [-0.15, -0.1) is 0 Å². The van der Waals surface area contributed by atoms with Crippen LogP contribution in [0.5, 0.6) is 5.75 Å². The summed E-state index contributed by atoms with van der Waals surface area (Å²) in [5, 5.41) is 0. The van der Waals surface area contributed by atoms with Gasteiger partial charge in [0.15, 0.2) is 0 Å². The van der Waals surface area contributed by atoms with Gasteiger partial charge in [-0.05, 0) is 19.1 Å². The number of benzene rings is 1. The molecule has 1 aromatic rings. The Morgan fingerprint density at radius 2 is 2.25 bits per heavy atom. The van der Waals surface area contributed by atoms with Gasteiger partial charge in [-0.2, -0.15) is 0 Å². The Kier molecular flexibility index (Phi) is 4.51. The minimum Gasteiger partial charge on any atom is -0.487 e. The second-order valence-electron chi connectivity index (χ2n) is 3.42. The van der Waals surface area contributed by atoms with E-state index < -0.39 is 0 Å². The lowest BCUT2D eigenvalue weighted by atomic mass is 10.2. The SMILES string of the molecule is CC(=O)OCC(C)Oc1cccc(C=O)c1. The van der Waals surface area contributed by atoms with E-state index in [1.54, 1.807) is 31.2 Å². The first kappa shape index (κ1) is 12.2. The van der Waals surface area contributed by atoms with Crippen molar-refractivity contribution in [1.82, 2.24) is 0 Å². The van der Waals surface area contributed by atoms with Crippen LogP contribution >= 0.6 is 0 Å². The number of carbonyl (C=O) groups is 2. The normalized spacial score (nSPS) is 11.6. The van der Waals surface area contributed by atoms with Gasteiger partial charge in [0.05, 0.1) is 0 Å². The Labute approximate surface area is 94.2 Å². The quantitative estimate of drug-likeness (QED) is 0.563. The van der Waals surface area contributed by atoms with Crippen LogP contribution in [-0.2, 0) is 9.53 Å². The first-order chi connectivity index (χ1) is 7.61. The summed E-state index contributed by atoms with van der Waals surface area (Å²) in [7, 11) is 0. The molecule has 0 radical (unpaired) electrons. The van der Waals surface area contributed by atoms with E-state index >= 15 is 0 Å². The minimum absolute atomic E-state index is 0.195. The van der Waals surface area contributed by atoms with E-state index in [1.807, 2.05) is 0 Å². The third-order valence-electron chi connectivity index (χ3n) is 1.85. The fourth-order valence-electron chi connectivity index (χ4n) is 1.16. The van der Waals surface area contributed by atoms with E-state index in [0.29, 0.717) is 11.3 Å². The van der Waals surface area contributed by atoms with Gasteiger partial charge in [0.2, 0.25) is 0 Å². The average Bonchev–Trinajstić information content (AvgIpc) is 2.26. The molecule has 4 nitrogen and oxygen atoms in total. The summed E-state index contributed by atoms with van der Waals surface area (Å²) in [6.45, 7) is 3.33. The van der Waals surface area contributed by atoms with Crippen molar-refractivity contribution < 1.29 is 19.1 Å². The highest BCUT2D eigenvalue weighted by molar-refractivity contribution is 5.75. The molecule has 1 unspecified atom stereocenters. The Bertz CT molecular complexity index is 373. The number of hydrogen-bond donors (Lipinski definition) is 0. The van der Waals surface area contributed by atoms with E-state index in [9.17, 15) is 9.59 Å². The molecule has 1 rings (SSSR count). The molecule has 0 aliphatic rings. The minimum atomic E-state index is -0.336. The van der Waals surface area contributed by atoms with E-state index in [1.165, 1.54) is 6.92 Å². The van der Waals surface area contributed by atoms with Crippen LogP contribution in [0.1, 0.15) is 24.2 Å². The Hall–Kier alpha value is -1.84. The molecule has 0 amide bonds. The van der Waals surface area contributed by atoms with Gasteiger partial charge in [0.1, 0.15) is 24.7 Å². The number of hydrogen-bond acceptors (Lipinski definition) is 4. The van der Waals surface area contributed by atoms with Gasteiger partial charge in [-0.25, -0.2) is 0 Å². The molecule has 0 bridgehead atoms. The van der Waals surface area contributed by atoms with Crippen LogP contribution in [0.25, 0.3) is 0 Å². The molecular formula is C12H14O4. The van der Waals surface area contributed by atoms with Crippen LogP contribution in [0.2, 0.25) is 0 Å². The highest BCUT2D eigenvalue weighted by Crippen LogP contribution is 2.13. The predicted molar refractivity (Wildman–Crippen MR) is 58.6 cm³/mol. The third-order valence-corrected chi connectivity index (χ3v) is 1.85. The topological polar surface area (TPSA) is 52.6 Å². The lowest BCUT2D eigenvalue weighted by Gasteiger charge is -2.14. The monoisotopic (exact) mass is 222 g/mol. The standard InChI is InChI=1S/C12H14O4/c1-9(8-15-10(2)14)16-12-5-3-4-11(6-12)7-13/h3-7,9H,8H2,1-2H3. The van der Waals surface area contributed by atoms with Crippen molar-refractivity contribution in [3.05, 3.63) is 29.8 Å². The van der Waals surface area contributed by atoms with Gasteiger partial charge in [-0.1, -0.05) is 12.1 Å². The van der Waals surface area contributed by atoms with Crippen LogP contribution in [0.15, 0.2) is 24.3 Å². The average molecular weight is 222 g/mol. The largest absolute Gasteiger partial charge is 0.487 e. The first-order valence-electron chi connectivity index (χ1n) is 4.97. The number of ether oxygens (including phenoxy) is 2. The van der Waals surface area contributed by atoms with Crippen molar-refractivity contribution in [3.8, 4) is 5.75 Å². The zero-order valence-electron chi connectivity index (χ0n) is 9.30. The fraction of sp³-hybridized carbons (Fsp3) is 0.333. The predicted octanol–water partition coefficient (Wildman–Crippen LogP) is 1.83. The highest BCUT2D eigenvalue weighted by atomic mass is 16.6. The van der Waals surface area contributed by atoms with Gasteiger partial charge in [-0.3, -0.25) is 9.59 Å². The second kappa shape index (κ2) is 5.90. The Morgan fingerprint density at radius 1 is 1.50 bits per heavy atom. The number of aldehydes is 1. The van der Waals surface area contributed by atoms with Crippen LogP contribution < -0.4 is 4.74 Å². The summed E-state index contributed by atoms with van der Waals surface area (Å²) in [6, 6.07) is 6.81. The van der Waals surface area contributed by atoms with Crippen molar-refractivity contribution in [2.24, 2.45) is 0 Å². The molecule has 0 spiro atoms. The van der Waals surface area contributed by atoms with Gasteiger partial charge in [0.25, 0.3) is 0 Å². The number of rotatable bonds is 5. The van der Waals surface area contributed by atoms with E-state index in [4.69, 9.17) is 9.47 Å². The van der Waals surface area contributed by atoms with Gasteiger partial charge >= 0.3 is 5.97 Å². The third kappa shape index (κ3) is 4.13. The fourth-order valence-corrected chi connectivity index (χ4v) is 1.16. The number of carbonyl (C=O) groups excluding carboxylic acids is 2. The van der Waals surface area contributed by atoms with Crippen LogP contribution in [0.4, 0.5) is 0 Å². The molecule has 1 aromatic carbocycles. The van der Waals surface area contributed by atoms with Crippen molar-refractivity contribution in [1.29, 1.82) is 0 Å². The molecule has 0 aromatic heterocycles. The molecule has 0 N–H and O–H groups in total. The smallest absolute Gasteiger partial charge is 0.302 e. The summed E-state index contributed by atoms with van der Waals surface area (Å²) >= 11 is 0. The molecule has 1 atom stereocenters. The van der Waals surface area contributed by atoms with E-state index in [-0.39, 0.29) is 18.7 Å². The maximum absolute atomic E-state index is 10.6. The summed E-state index contributed by atoms with van der Waals surface area (Å²) in [5.74, 6) is 0.251. The van der Waals surface area contributed by atoms with Crippen molar-refractivity contribution in [2.75, 3.05) is 6.61 Å². The Balaban J connectivity index is 2.51. The number of esters is 1. The molecule has 0 saturated carbocycles. The van der Waals surface area contributed by atoms with Crippen molar-refractivity contribution in [3.63, 3.8) is 0 Å². The van der Waals surface area contributed by atoms with Gasteiger partial charge in [0, 0.05) is 12.5 Å². The molecule has 16 heavy (non-hydrogen) atoms.